The van der Waals surface area contributed by atoms with Gasteiger partial charge in [0.05, 0.1) is 18.6 Å². The molecule has 5 amide bonds. The van der Waals surface area contributed by atoms with E-state index in [-0.39, 0.29) is 25.4 Å². The number of nitrogens with zero attached hydrogens (tertiary/aromatic N) is 2. The van der Waals surface area contributed by atoms with Crippen molar-refractivity contribution in [3.8, 4) is 0 Å². The van der Waals surface area contributed by atoms with Gasteiger partial charge in [0, 0.05) is 13.1 Å². The Morgan fingerprint density at radius 3 is 2.52 bits per heavy atom. The van der Waals surface area contributed by atoms with E-state index in [1.54, 1.807) is 0 Å². The van der Waals surface area contributed by atoms with Gasteiger partial charge in [-0.15, -0.1) is 0 Å². The van der Waals surface area contributed by atoms with Crippen LogP contribution in [0, 0.1) is 11.8 Å². The summed E-state index contributed by atoms with van der Waals surface area (Å²) in [5.74, 6) is -1.08. The molecular formula is C19H32N4O6. The fourth-order valence-corrected chi connectivity index (χ4v) is 4.19. The SMILES string of the molecule is C[C@H](O)CNC(=O)NC(=O)[C@@H]1CCCN1C(=O)[C@H](CC1CCCC1)CN(O)C=O. The smallest absolute Gasteiger partial charge is 0.321 e. The molecule has 1 aliphatic heterocycles. The Hall–Kier alpha value is -2.20. The summed E-state index contributed by atoms with van der Waals surface area (Å²) in [7, 11) is 0. The van der Waals surface area contributed by atoms with Crippen LogP contribution in [0.25, 0.3) is 0 Å². The Bertz CT molecular complexity index is 593. The van der Waals surface area contributed by atoms with Crippen molar-refractivity contribution >= 4 is 24.3 Å². The van der Waals surface area contributed by atoms with E-state index in [0.717, 1.165) is 25.7 Å². The van der Waals surface area contributed by atoms with Crippen molar-refractivity contribution in [3.05, 3.63) is 0 Å². The number of hydrogen-bond donors (Lipinski definition) is 4. The Balaban J connectivity index is 2.01. The summed E-state index contributed by atoms with van der Waals surface area (Å²) < 4.78 is 0. The summed E-state index contributed by atoms with van der Waals surface area (Å²) in [5, 5.41) is 23.9. The molecule has 3 atom stereocenters. The lowest BCUT2D eigenvalue weighted by molar-refractivity contribution is -0.158. The van der Waals surface area contributed by atoms with Crippen molar-refractivity contribution in [3.63, 3.8) is 0 Å². The van der Waals surface area contributed by atoms with Gasteiger partial charge in [-0.3, -0.25) is 24.9 Å². The van der Waals surface area contributed by atoms with E-state index in [0.29, 0.717) is 36.8 Å². The molecule has 0 aromatic rings. The molecule has 1 aliphatic carbocycles. The third-order valence-corrected chi connectivity index (χ3v) is 5.60. The first-order chi connectivity index (χ1) is 13.8. The number of likely N-dealkylation sites (tertiary alicyclic amines) is 1. The maximum Gasteiger partial charge on any atom is 0.321 e. The first-order valence-corrected chi connectivity index (χ1v) is 10.3. The second kappa shape index (κ2) is 11.1. The van der Waals surface area contributed by atoms with Crippen molar-refractivity contribution < 1.29 is 29.5 Å². The summed E-state index contributed by atoms with van der Waals surface area (Å²) in [6, 6.07) is -1.49. The molecule has 0 aromatic carbocycles. The fourth-order valence-electron chi connectivity index (χ4n) is 4.19. The van der Waals surface area contributed by atoms with Crippen LogP contribution in [0.2, 0.25) is 0 Å². The minimum atomic E-state index is -0.769. The predicted molar refractivity (Wildman–Crippen MR) is 103 cm³/mol. The molecular weight excluding hydrogens is 380 g/mol. The van der Waals surface area contributed by atoms with E-state index >= 15 is 0 Å². The molecule has 1 saturated heterocycles. The highest BCUT2D eigenvalue weighted by molar-refractivity contribution is 5.99. The Morgan fingerprint density at radius 1 is 1.21 bits per heavy atom. The summed E-state index contributed by atoms with van der Waals surface area (Å²) in [5.41, 5.74) is 0. The molecule has 0 bridgehead atoms. The first kappa shape index (κ1) is 23.1. The highest BCUT2D eigenvalue weighted by Gasteiger charge is 2.39. The number of aliphatic hydroxyl groups excluding tert-OH is 1. The molecule has 0 unspecified atom stereocenters. The number of imide groups is 1. The minimum absolute atomic E-state index is 0.00785. The molecule has 29 heavy (non-hydrogen) atoms. The summed E-state index contributed by atoms with van der Waals surface area (Å²) in [6.45, 7) is 1.79. The maximum atomic E-state index is 13.2. The van der Waals surface area contributed by atoms with Gasteiger partial charge in [-0.05, 0) is 32.1 Å². The van der Waals surface area contributed by atoms with Crippen LogP contribution in [0.5, 0.6) is 0 Å². The average Bonchev–Trinajstić information content (AvgIpc) is 3.36. The van der Waals surface area contributed by atoms with Gasteiger partial charge in [-0.25, -0.2) is 9.86 Å². The van der Waals surface area contributed by atoms with Gasteiger partial charge in [0.25, 0.3) is 5.91 Å². The quantitative estimate of drug-likeness (QED) is 0.243. The second-order valence-electron chi connectivity index (χ2n) is 8.05. The molecule has 10 heteroatoms. The van der Waals surface area contributed by atoms with Crippen LogP contribution in [-0.4, -0.2) is 76.3 Å². The highest BCUT2D eigenvalue weighted by Crippen LogP contribution is 2.32. The van der Waals surface area contributed by atoms with Crippen LogP contribution in [-0.2, 0) is 14.4 Å². The summed E-state index contributed by atoms with van der Waals surface area (Å²) in [4.78, 5) is 49.8. The third kappa shape index (κ3) is 6.97. The van der Waals surface area contributed by atoms with E-state index in [1.807, 2.05) is 0 Å². The number of hydrogen-bond acceptors (Lipinski definition) is 6. The molecule has 1 saturated carbocycles. The maximum absolute atomic E-state index is 13.2. The van der Waals surface area contributed by atoms with Gasteiger partial charge in [-0.1, -0.05) is 25.7 Å². The van der Waals surface area contributed by atoms with Crippen molar-refractivity contribution in [2.24, 2.45) is 11.8 Å². The highest BCUT2D eigenvalue weighted by atomic mass is 16.5. The zero-order valence-electron chi connectivity index (χ0n) is 16.9. The molecule has 0 spiro atoms. The Morgan fingerprint density at radius 2 is 1.90 bits per heavy atom. The van der Waals surface area contributed by atoms with Gasteiger partial charge < -0.3 is 15.3 Å². The normalized spacial score (nSPS) is 21.5. The van der Waals surface area contributed by atoms with Gasteiger partial charge in [0.2, 0.25) is 12.3 Å². The standard InChI is InChI=1S/C19H32N4O6/c1-13(25)10-20-19(28)21-17(26)16-7-4-8-23(16)18(27)15(11-22(29)12-24)9-14-5-2-3-6-14/h12-16,25,29H,2-11H2,1H3,(H2,20,21,26,28)/t13-,15+,16-/m0/s1. The minimum Gasteiger partial charge on any atom is -0.392 e. The van der Waals surface area contributed by atoms with E-state index in [1.165, 1.54) is 11.8 Å². The van der Waals surface area contributed by atoms with Crippen LogP contribution < -0.4 is 10.6 Å². The van der Waals surface area contributed by atoms with Gasteiger partial charge >= 0.3 is 6.03 Å². The number of hydroxylamine groups is 2. The lowest BCUT2D eigenvalue weighted by atomic mass is 9.91. The number of carbonyl (C=O) groups is 4. The number of urea groups is 1. The molecule has 1 heterocycles. The zero-order chi connectivity index (χ0) is 21.4. The molecule has 10 nitrogen and oxygen atoms in total. The summed E-state index contributed by atoms with van der Waals surface area (Å²) in [6.07, 6.45) is 5.42. The topological polar surface area (TPSA) is 139 Å². The Labute approximate surface area is 170 Å². The molecule has 4 N–H and O–H groups in total. The van der Waals surface area contributed by atoms with Crippen molar-refractivity contribution in [2.75, 3.05) is 19.6 Å². The first-order valence-electron chi connectivity index (χ1n) is 10.3. The number of nitrogens with one attached hydrogen (secondary N) is 2. The van der Waals surface area contributed by atoms with Crippen molar-refractivity contribution in [1.29, 1.82) is 0 Å². The van der Waals surface area contributed by atoms with Crippen LogP contribution in [0.3, 0.4) is 0 Å². The molecule has 2 fully saturated rings. The lowest BCUT2D eigenvalue weighted by Crippen LogP contribution is -2.52. The van der Waals surface area contributed by atoms with E-state index in [9.17, 15) is 29.5 Å². The van der Waals surface area contributed by atoms with Gasteiger partial charge in [0.1, 0.15) is 6.04 Å². The van der Waals surface area contributed by atoms with Gasteiger partial charge in [0.15, 0.2) is 0 Å². The van der Waals surface area contributed by atoms with E-state index < -0.39 is 30.0 Å². The molecule has 164 valence electrons. The largest absolute Gasteiger partial charge is 0.392 e. The number of carbonyl (C=O) groups excluding carboxylic acids is 4. The van der Waals surface area contributed by atoms with E-state index in [4.69, 9.17) is 0 Å². The molecule has 0 radical (unpaired) electrons. The monoisotopic (exact) mass is 412 g/mol. The van der Waals surface area contributed by atoms with E-state index in [2.05, 4.69) is 10.6 Å². The van der Waals surface area contributed by atoms with Crippen LogP contribution in [0.15, 0.2) is 0 Å². The van der Waals surface area contributed by atoms with Crippen molar-refractivity contribution in [1.82, 2.24) is 20.6 Å². The fraction of sp³-hybridized carbons (Fsp3) is 0.789. The number of aliphatic hydroxyl groups is 1. The lowest BCUT2D eigenvalue weighted by Gasteiger charge is -2.30. The van der Waals surface area contributed by atoms with Crippen LogP contribution in [0.1, 0.15) is 51.9 Å². The molecule has 2 rings (SSSR count). The van der Waals surface area contributed by atoms with Crippen molar-refractivity contribution in [2.45, 2.75) is 64.0 Å². The third-order valence-electron chi connectivity index (χ3n) is 5.60. The number of amides is 5. The average molecular weight is 412 g/mol. The van der Waals surface area contributed by atoms with Crippen LogP contribution >= 0.6 is 0 Å². The zero-order valence-corrected chi connectivity index (χ0v) is 16.9. The predicted octanol–water partition coefficient (Wildman–Crippen LogP) is 0.228. The van der Waals surface area contributed by atoms with Gasteiger partial charge in [-0.2, -0.15) is 0 Å². The Kier molecular flexibility index (Phi) is 8.84. The second-order valence-corrected chi connectivity index (χ2v) is 8.05. The molecule has 2 aliphatic rings. The van der Waals surface area contributed by atoms with Crippen LogP contribution in [0.4, 0.5) is 4.79 Å². The summed E-state index contributed by atoms with van der Waals surface area (Å²) >= 11 is 0. The molecule has 0 aromatic heterocycles. The number of rotatable bonds is 9.